The summed E-state index contributed by atoms with van der Waals surface area (Å²) >= 11 is 1.73. The van der Waals surface area contributed by atoms with E-state index in [-0.39, 0.29) is 5.41 Å². The van der Waals surface area contributed by atoms with E-state index in [0.717, 1.165) is 12.2 Å². The smallest absolute Gasteiger partial charge is 0.324 e. The standard InChI is InChI=1S/C10H19NO2S/c1-4-11-10(8(12)13)5-9(2,3)6-14-7-10/h11H,4-7H2,1-3H3,(H,12,13). The molecule has 2 N–H and O–H groups in total. The fraction of sp³-hybridized carbons (Fsp3) is 0.900. The van der Waals surface area contributed by atoms with Gasteiger partial charge in [0.25, 0.3) is 0 Å². The molecule has 1 aliphatic rings. The van der Waals surface area contributed by atoms with Crippen molar-refractivity contribution in [1.82, 2.24) is 5.32 Å². The minimum absolute atomic E-state index is 0.115. The first-order chi connectivity index (χ1) is 6.42. The average molecular weight is 217 g/mol. The van der Waals surface area contributed by atoms with Crippen molar-refractivity contribution in [3.63, 3.8) is 0 Å². The third-order valence-electron chi connectivity index (χ3n) is 2.55. The molecule has 1 rings (SSSR count). The predicted molar refractivity (Wildman–Crippen MR) is 59.8 cm³/mol. The Hall–Kier alpha value is -0.220. The van der Waals surface area contributed by atoms with Crippen LogP contribution in [0.1, 0.15) is 27.2 Å². The van der Waals surface area contributed by atoms with Crippen LogP contribution in [0.2, 0.25) is 0 Å². The highest BCUT2D eigenvalue weighted by molar-refractivity contribution is 7.99. The number of nitrogens with one attached hydrogen (secondary N) is 1. The van der Waals surface area contributed by atoms with Crippen LogP contribution >= 0.6 is 11.8 Å². The van der Waals surface area contributed by atoms with Crippen LogP contribution in [0.4, 0.5) is 0 Å². The van der Waals surface area contributed by atoms with Crippen LogP contribution in [0.3, 0.4) is 0 Å². The van der Waals surface area contributed by atoms with Gasteiger partial charge < -0.3 is 10.4 Å². The van der Waals surface area contributed by atoms with E-state index in [1.54, 1.807) is 11.8 Å². The molecule has 0 radical (unpaired) electrons. The van der Waals surface area contributed by atoms with Crippen molar-refractivity contribution in [3.8, 4) is 0 Å². The highest BCUT2D eigenvalue weighted by atomic mass is 32.2. The summed E-state index contributed by atoms with van der Waals surface area (Å²) in [6.45, 7) is 6.93. The Morgan fingerprint density at radius 2 is 2.14 bits per heavy atom. The molecule has 14 heavy (non-hydrogen) atoms. The zero-order valence-corrected chi connectivity index (χ0v) is 9.91. The number of thioether (sulfide) groups is 1. The van der Waals surface area contributed by atoms with Gasteiger partial charge in [-0.3, -0.25) is 4.79 Å². The van der Waals surface area contributed by atoms with Crippen LogP contribution < -0.4 is 5.32 Å². The summed E-state index contributed by atoms with van der Waals surface area (Å²) in [7, 11) is 0. The summed E-state index contributed by atoms with van der Waals surface area (Å²) in [6.07, 6.45) is 0.718. The summed E-state index contributed by atoms with van der Waals surface area (Å²) in [5.74, 6) is 1.02. The second kappa shape index (κ2) is 4.11. The summed E-state index contributed by atoms with van der Waals surface area (Å²) in [6, 6.07) is 0. The van der Waals surface area contributed by atoms with Gasteiger partial charge in [0.15, 0.2) is 0 Å². The summed E-state index contributed by atoms with van der Waals surface area (Å²) in [5, 5.41) is 12.4. The Labute approximate surface area is 89.6 Å². The summed E-state index contributed by atoms with van der Waals surface area (Å²) < 4.78 is 0. The lowest BCUT2D eigenvalue weighted by Crippen LogP contribution is -2.58. The lowest BCUT2D eigenvalue weighted by molar-refractivity contribution is -0.145. The van der Waals surface area contributed by atoms with Gasteiger partial charge in [-0.25, -0.2) is 0 Å². The zero-order valence-electron chi connectivity index (χ0n) is 9.09. The molecule has 0 aromatic rings. The zero-order chi connectivity index (χ0) is 10.8. The van der Waals surface area contributed by atoms with Crippen molar-refractivity contribution in [3.05, 3.63) is 0 Å². The fourth-order valence-corrected chi connectivity index (χ4v) is 3.52. The Balaban J connectivity index is 2.82. The number of hydrogen-bond donors (Lipinski definition) is 2. The molecule has 0 aromatic heterocycles. The van der Waals surface area contributed by atoms with Gasteiger partial charge in [-0.15, -0.1) is 0 Å². The van der Waals surface area contributed by atoms with E-state index < -0.39 is 11.5 Å². The molecule has 0 aromatic carbocycles. The normalized spacial score (nSPS) is 31.4. The predicted octanol–water partition coefficient (Wildman–Crippen LogP) is 1.58. The van der Waals surface area contributed by atoms with Gasteiger partial charge in [-0.1, -0.05) is 20.8 Å². The third kappa shape index (κ3) is 2.42. The Morgan fingerprint density at radius 1 is 1.50 bits per heavy atom. The van der Waals surface area contributed by atoms with Gasteiger partial charge in [0, 0.05) is 5.75 Å². The molecule has 1 atom stereocenters. The number of rotatable bonds is 3. The molecule has 82 valence electrons. The van der Waals surface area contributed by atoms with E-state index in [4.69, 9.17) is 0 Å². The van der Waals surface area contributed by atoms with E-state index in [1.807, 2.05) is 6.92 Å². The molecule has 1 heterocycles. The molecular formula is C10H19NO2S. The maximum atomic E-state index is 11.3. The maximum absolute atomic E-state index is 11.3. The van der Waals surface area contributed by atoms with E-state index >= 15 is 0 Å². The van der Waals surface area contributed by atoms with Gasteiger partial charge in [0.05, 0.1) is 0 Å². The largest absolute Gasteiger partial charge is 0.480 e. The Morgan fingerprint density at radius 3 is 2.57 bits per heavy atom. The van der Waals surface area contributed by atoms with E-state index in [2.05, 4.69) is 19.2 Å². The van der Waals surface area contributed by atoms with E-state index in [0.29, 0.717) is 12.3 Å². The maximum Gasteiger partial charge on any atom is 0.324 e. The molecule has 0 amide bonds. The van der Waals surface area contributed by atoms with Crippen molar-refractivity contribution < 1.29 is 9.90 Å². The summed E-state index contributed by atoms with van der Waals surface area (Å²) in [5.41, 5.74) is -0.593. The SMILES string of the molecule is CCNC1(C(=O)O)CSCC(C)(C)C1. The molecule has 1 aliphatic heterocycles. The monoisotopic (exact) mass is 217 g/mol. The Kier molecular flexibility index (Phi) is 3.48. The molecule has 1 fully saturated rings. The molecule has 0 saturated carbocycles. The fourth-order valence-electron chi connectivity index (χ4n) is 2.09. The average Bonchev–Trinajstić information content (AvgIpc) is 2.02. The van der Waals surface area contributed by atoms with Crippen molar-refractivity contribution in [2.75, 3.05) is 18.1 Å². The Bertz CT molecular complexity index is 226. The van der Waals surface area contributed by atoms with Gasteiger partial charge in [-0.05, 0) is 24.1 Å². The van der Waals surface area contributed by atoms with Crippen LogP contribution in [0.5, 0.6) is 0 Å². The van der Waals surface area contributed by atoms with E-state index in [9.17, 15) is 9.90 Å². The molecule has 1 saturated heterocycles. The minimum Gasteiger partial charge on any atom is -0.480 e. The first-order valence-electron chi connectivity index (χ1n) is 4.98. The summed E-state index contributed by atoms with van der Waals surface area (Å²) in [4.78, 5) is 11.3. The molecule has 4 heteroatoms. The number of hydrogen-bond acceptors (Lipinski definition) is 3. The minimum atomic E-state index is -0.709. The lowest BCUT2D eigenvalue weighted by atomic mass is 9.80. The second-order valence-corrected chi connectivity index (χ2v) is 5.74. The van der Waals surface area contributed by atoms with Gasteiger partial charge in [0.1, 0.15) is 5.54 Å². The molecule has 0 bridgehead atoms. The van der Waals surface area contributed by atoms with Crippen molar-refractivity contribution in [2.24, 2.45) is 5.41 Å². The highest BCUT2D eigenvalue weighted by Crippen LogP contribution is 2.39. The molecule has 1 unspecified atom stereocenters. The van der Waals surface area contributed by atoms with Gasteiger partial charge >= 0.3 is 5.97 Å². The first-order valence-corrected chi connectivity index (χ1v) is 6.13. The first kappa shape index (κ1) is 11.9. The van der Waals surface area contributed by atoms with Crippen LogP contribution in [0, 0.1) is 5.41 Å². The molecular weight excluding hydrogens is 198 g/mol. The van der Waals surface area contributed by atoms with Gasteiger partial charge in [0.2, 0.25) is 0 Å². The quantitative estimate of drug-likeness (QED) is 0.753. The third-order valence-corrected chi connectivity index (χ3v) is 4.23. The number of carboxylic acids is 1. The van der Waals surface area contributed by atoms with Crippen LogP contribution in [0.25, 0.3) is 0 Å². The number of likely N-dealkylation sites (N-methyl/N-ethyl adjacent to an activating group) is 1. The van der Waals surface area contributed by atoms with Crippen molar-refractivity contribution in [2.45, 2.75) is 32.7 Å². The van der Waals surface area contributed by atoms with Crippen LogP contribution in [-0.4, -0.2) is 34.7 Å². The number of aliphatic carboxylic acids is 1. The second-order valence-electron chi connectivity index (χ2n) is 4.75. The molecule has 3 nitrogen and oxygen atoms in total. The van der Waals surface area contributed by atoms with Gasteiger partial charge in [-0.2, -0.15) is 11.8 Å². The van der Waals surface area contributed by atoms with Crippen LogP contribution in [0.15, 0.2) is 0 Å². The highest BCUT2D eigenvalue weighted by Gasteiger charge is 2.45. The topological polar surface area (TPSA) is 49.3 Å². The molecule has 0 aliphatic carbocycles. The number of carboxylic acid groups (broad SMARTS) is 1. The van der Waals surface area contributed by atoms with Crippen molar-refractivity contribution in [1.29, 1.82) is 0 Å². The van der Waals surface area contributed by atoms with E-state index in [1.165, 1.54) is 0 Å². The number of carbonyl (C=O) groups is 1. The van der Waals surface area contributed by atoms with Crippen molar-refractivity contribution >= 4 is 17.7 Å². The van der Waals surface area contributed by atoms with Crippen LogP contribution in [-0.2, 0) is 4.79 Å². The molecule has 0 spiro atoms. The lowest BCUT2D eigenvalue weighted by Gasteiger charge is -2.42.